The number of carbonyl (C=O) groups is 4. The van der Waals surface area contributed by atoms with E-state index in [2.05, 4.69) is 9.47 Å². The summed E-state index contributed by atoms with van der Waals surface area (Å²) in [6, 6.07) is 0. The molecule has 1 aliphatic rings. The van der Waals surface area contributed by atoms with Gasteiger partial charge in [-0.05, 0) is 0 Å². The van der Waals surface area contributed by atoms with Crippen molar-refractivity contribution in [2.24, 2.45) is 0 Å². The lowest BCUT2D eigenvalue weighted by Crippen LogP contribution is -2.27. The number of amides is 2. The van der Waals surface area contributed by atoms with Gasteiger partial charge in [0.15, 0.2) is 12.2 Å². The first-order valence-corrected chi connectivity index (χ1v) is 6.35. The van der Waals surface area contributed by atoms with Crippen LogP contribution in [0.3, 0.4) is 0 Å². The zero-order chi connectivity index (χ0) is 16.4. The van der Waals surface area contributed by atoms with Crippen molar-refractivity contribution < 1.29 is 38.9 Å². The fraction of sp³-hybridized carbons (Fsp3) is 0.667. The Morgan fingerprint density at radius 3 is 1.48 bits per heavy atom. The molecule has 1 saturated heterocycles. The fourth-order valence-corrected chi connectivity index (χ4v) is 1.07. The Balaban J connectivity index is 0.000000394. The molecule has 0 aromatic carbocycles. The zero-order valence-electron chi connectivity index (χ0n) is 11.8. The summed E-state index contributed by atoms with van der Waals surface area (Å²) in [6.45, 7) is 3.72. The number of hydrogen-bond acceptors (Lipinski definition) is 8. The smallest absolute Gasteiger partial charge is 0.305 e. The molecular formula is C12H19NO8. The van der Waals surface area contributed by atoms with Gasteiger partial charge in [0.05, 0.1) is 0 Å². The monoisotopic (exact) mass is 305 g/mol. The number of nitrogens with one attached hydrogen (secondary N) is 1. The molecule has 2 amide bonds. The second-order valence-electron chi connectivity index (χ2n) is 3.89. The Morgan fingerprint density at radius 2 is 1.29 bits per heavy atom. The van der Waals surface area contributed by atoms with Gasteiger partial charge >= 0.3 is 11.9 Å². The Labute approximate surface area is 121 Å². The van der Waals surface area contributed by atoms with E-state index in [1.807, 2.05) is 0 Å². The molecule has 9 nitrogen and oxygen atoms in total. The highest BCUT2D eigenvalue weighted by Crippen LogP contribution is 2.00. The summed E-state index contributed by atoms with van der Waals surface area (Å²) in [7, 11) is 0. The normalized spacial score (nSPS) is 20.2. The Bertz CT molecular complexity index is 359. The lowest BCUT2D eigenvalue weighted by Gasteiger charge is -2.03. The highest BCUT2D eigenvalue weighted by Gasteiger charge is 2.38. The molecule has 0 spiro atoms. The van der Waals surface area contributed by atoms with Crippen LogP contribution in [0.15, 0.2) is 0 Å². The molecule has 0 saturated carbocycles. The lowest BCUT2D eigenvalue weighted by atomic mass is 10.2. The largest absolute Gasteiger partial charge is 0.462 e. The van der Waals surface area contributed by atoms with E-state index in [4.69, 9.17) is 10.2 Å². The first-order valence-electron chi connectivity index (χ1n) is 6.35. The number of aliphatic hydroxyl groups is 2. The van der Waals surface area contributed by atoms with Gasteiger partial charge in [-0.15, -0.1) is 0 Å². The van der Waals surface area contributed by atoms with Gasteiger partial charge in [-0.1, -0.05) is 13.8 Å². The molecule has 1 heterocycles. The van der Waals surface area contributed by atoms with E-state index in [0.717, 1.165) is 0 Å². The minimum atomic E-state index is -1.59. The maximum absolute atomic E-state index is 10.6. The maximum atomic E-state index is 10.6. The summed E-state index contributed by atoms with van der Waals surface area (Å²) >= 11 is 0. The summed E-state index contributed by atoms with van der Waals surface area (Å²) < 4.78 is 9.34. The van der Waals surface area contributed by atoms with E-state index in [1.165, 1.54) is 0 Å². The summed E-state index contributed by atoms with van der Waals surface area (Å²) in [4.78, 5) is 41.6. The quantitative estimate of drug-likeness (QED) is 0.309. The molecule has 0 aliphatic carbocycles. The third-order valence-electron chi connectivity index (χ3n) is 2.27. The van der Waals surface area contributed by atoms with Gasteiger partial charge in [0.1, 0.15) is 13.2 Å². The summed E-state index contributed by atoms with van der Waals surface area (Å²) in [6.07, 6.45) is -2.47. The second-order valence-corrected chi connectivity index (χ2v) is 3.89. The third-order valence-corrected chi connectivity index (χ3v) is 2.27. The van der Waals surface area contributed by atoms with Crippen LogP contribution >= 0.6 is 0 Å². The molecule has 1 aliphatic heterocycles. The van der Waals surface area contributed by atoms with Crippen LogP contribution in [0.2, 0.25) is 0 Å². The number of hydrogen-bond donors (Lipinski definition) is 3. The molecule has 21 heavy (non-hydrogen) atoms. The Kier molecular flexibility index (Phi) is 8.90. The average molecular weight is 305 g/mol. The SMILES string of the molecule is CCC(=O)OCCOC(=O)CC.O=C1NC(=O)C(O)C1O. The first kappa shape index (κ1) is 19.0. The molecule has 120 valence electrons. The molecule has 1 fully saturated rings. The van der Waals surface area contributed by atoms with Crippen LogP contribution in [-0.2, 0) is 28.7 Å². The van der Waals surface area contributed by atoms with Crippen molar-refractivity contribution in [1.29, 1.82) is 0 Å². The van der Waals surface area contributed by atoms with Crippen molar-refractivity contribution in [3.8, 4) is 0 Å². The van der Waals surface area contributed by atoms with E-state index < -0.39 is 24.0 Å². The van der Waals surface area contributed by atoms with Crippen LogP contribution < -0.4 is 5.32 Å². The maximum Gasteiger partial charge on any atom is 0.305 e. The van der Waals surface area contributed by atoms with Crippen LogP contribution in [0.1, 0.15) is 26.7 Å². The Hall–Kier alpha value is -2.00. The van der Waals surface area contributed by atoms with Crippen LogP contribution in [-0.4, -0.2) is 59.4 Å². The van der Waals surface area contributed by atoms with Crippen molar-refractivity contribution >= 4 is 23.8 Å². The highest BCUT2D eigenvalue weighted by molar-refractivity contribution is 6.07. The predicted octanol–water partition coefficient (Wildman–Crippen LogP) is -1.74. The van der Waals surface area contributed by atoms with Gasteiger partial charge in [-0.2, -0.15) is 0 Å². The van der Waals surface area contributed by atoms with Gasteiger partial charge in [0, 0.05) is 12.8 Å². The van der Waals surface area contributed by atoms with E-state index in [0.29, 0.717) is 12.8 Å². The minimum absolute atomic E-state index is 0.151. The van der Waals surface area contributed by atoms with E-state index in [1.54, 1.807) is 19.2 Å². The highest BCUT2D eigenvalue weighted by atomic mass is 16.6. The van der Waals surface area contributed by atoms with Crippen LogP contribution in [0, 0.1) is 0 Å². The molecule has 0 bridgehead atoms. The number of imide groups is 1. The van der Waals surface area contributed by atoms with Crippen molar-refractivity contribution in [3.05, 3.63) is 0 Å². The summed E-state index contributed by atoms with van der Waals surface area (Å²) in [5.74, 6) is -2.23. The molecule has 1 rings (SSSR count). The van der Waals surface area contributed by atoms with Crippen molar-refractivity contribution in [3.63, 3.8) is 0 Å². The molecule has 2 unspecified atom stereocenters. The van der Waals surface area contributed by atoms with Crippen molar-refractivity contribution in [2.45, 2.75) is 38.9 Å². The predicted molar refractivity (Wildman–Crippen MR) is 67.7 cm³/mol. The number of ether oxygens (including phenoxy) is 2. The van der Waals surface area contributed by atoms with Crippen LogP contribution in [0.25, 0.3) is 0 Å². The standard InChI is InChI=1S/C8H14O4.C4H5NO4/c1-3-7(9)11-5-6-12-8(10)4-2;6-1-2(7)4(9)5-3(1)8/h3-6H2,1-2H3;1-2,6-7H,(H,5,8,9). The van der Waals surface area contributed by atoms with Gasteiger partial charge < -0.3 is 19.7 Å². The molecule has 0 aromatic rings. The summed E-state index contributed by atoms with van der Waals surface area (Å²) in [5.41, 5.74) is 0. The first-order chi connectivity index (χ1) is 9.83. The number of aliphatic hydroxyl groups excluding tert-OH is 2. The molecule has 0 radical (unpaired) electrons. The number of rotatable bonds is 5. The van der Waals surface area contributed by atoms with Crippen molar-refractivity contribution in [2.75, 3.05) is 13.2 Å². The molecular weight excluding hydrogens is 286 g/mol. The third kappa shape index (κ3) is 7.37. The molecule has 9 heteroatoms. The van der Waals surface area contributed by atoms with E-state index in [9.17, 15) is 19.2 Å². The van der Waals surface area contributed by atoms with E-state index >= 15 is 0 Å². The molecule has 2 atom stereocenters. The van der Waals surface area contributed by atoms with Gasteiger partial charge in [-0.3, -0.25) is 24.5 Å². The van der Waals surface area contributed by atoms with E-state index in [-0.39, 0.29) is 25.2 Å². The van der Waals surface area contributed by atoms with Gasteiger partial charge in [-0.25, -0.2) is 0 Å². The lowest BCUT2D eigenvalue weighted by molar-refractivity contribution is -0.151. The zero-order valence-corrected chi connectivity index (χ0v) is 11.8. The topological polar surface area (TPSA) is 139 Å². The molecule has 0 aromatic heterocycles. The van der Waals surface area contributed by atoms with Crippen LogP contribution in [0.4, 0.5) is 0 Å². The minimum Gasteiger partial charge on any atom is -0.462 e. The summed E-state index contributed by atoms with van der Waals surface area (Å²) in [5, 5.41) is 18.8. The fourth-order valence-electron chi connectivity index (χ4n) is 1.07. The second kappa shape index (κ2) is 9.83. The average Bonchev–Trinajstić information content (AvgIpc) is 2.70. The van der Waals surface area contributed by atoms with Crippen LogP contribution in [0.5, 0.6) is 0 Å². The number of esters is 2. The van der Waals surface area contributed by atoms with Gasteiger partial charge in [0.2, 0.25) is 0 Å². The van der Waals surface area contributed by atoms with Gasteiger partial charge in [0.25, 0.3) is 11.8 Å². The number of carbonyl (C=O) groups excluding carboxylic acids is 4. The Morgan fingerprint density at radius 1 is 0.952 bits per heavy atom. The van der Waals surface area contributed by atoms with Crippen molar-refractivity contribution in [1.82, 2.24) is 5.32 Å². The molecule has 3 N–H and O–H groups in total.